The van der Waals surface area contributed by atoms with Crippen LogP contribution >= 0.6 is 12.4 Å². The summed E-state index contributed by atoms with van der Waals surface area (Å²) < 4.78 is 34.2. The lowest BCUT2D eigenvalue weighted by Gasteiger charge is -2.21. The van der Waals surface area contributed by atoms with Gasteiger partial charge in [-0.15, -0.1) is 12.4 Å². The fourth-order valence-corrected chi connectivity index (χ4v) is 4.52. The van der Waals surface area contributed by atoms with Gasteiger partial charge in [0.1, 0.15) is 0 Å². The van der Waals surface area contributed by atoms with E-state index >= 15 is 0 Å². The highest BCUT2D eigenvalue weighted by atomic mass is 35.5. The van der Waals surface area contributed by atoms with Crippen LogP contribution in [0.25, 0.3) is 11.1 Å². The fourth-order valence-electron chi connectivity index (χ4n) is 3.05. The van der Waals surface area contributed by atoms with Crippen LogP contribution in [0.5, 0.6) is 0 Å². The second-order valence-electron chi connectivity index (χ2n) is 6.17. The molecule has 0 fully saturated rings. The average Bonchev–Trinajstić information content (AvgIpc) is 2.99. The molecule has 0 bridgehead atoms. The van der Waals surface area contributed by atoms with E-state index in [1.54, 1.807) is 6.07 Å². The van der Waals surface area contributed by atoms with Gasteiger partial charge in [0.15, 0.2) is 5.58 Å². The molecule has 7 nitrogen and oxygen atoms in total. The molecule has 0 saturated carbocycles. The molecule has 0 spiro atoms. The first-order valence-electron chi connectivity index (χ1n) is 8.85. The summed E-state index contributed by atoms with van der Waals surface area (Å²) in [6.07, 6.45) is 0.587. The normalized spacial score (nSPS) is 11.7. The average molecular weight is 426 g/mol. The SMILES string of the molecule is CCn1c(=O)oc2cc(S(=O)(=O)N(CCN)CCc3ccccc3)ccc21.Cl. The minimum Gasteiger partial charge on any atom is -0.408 e. The van der Waals surface area contributed by atoms with E-state index in [2.05, 4.69) is 0 Å². The number of halogens is 1. The molecule has 152 valence electrons. The highest BCUT2D eigenvalue weighted by Gasteiger charge is 2.25. The van der Waals surface area contributed by atoms with Gasteiger partial charge in [0.05, 0.1) is 10.4 Å². The Kier molecular flexibility index (Phi) is 7.42. The summed E-state index contributed by atoms with van der Waals surface area (Å²) >= 11 is 0. The Bertz CT molecular complexity index is 1080. The Morgan fingerprint density at radius 1 is 1.11 bits per heavy atom. The highest BCUT2D eigenvalue weighted by Crippen LogP contribution is 2.22. The third-order valence-corrected chi connectivity index (χ3v) is 6.36. The Morgan fingerprint density at radius 3 is 2.46 bits per heavy atom. The molecule has 2 N–H and O–H groups in total. The zero-order valence-electron chi connectivity index (χ0n) is 15.6. The summed E-state index contributed by atoms with van der Waals surface area (Å²) in [6, 6.07) is 14.2. The quantitative estimate of drug-likeness (QED) is 0.596. The van der Waals surface area contributed by atoms with Crippen molar-refractivity contribution in [1.29, 1.82) is 0 Å². The zero-order chi connectivity index (χ0) is 19.4. The lowest BCUT2D eigenvalue weighted by atomic mass is 10.1. The van der Waals surface area contributed by atoms with Crippen LogP contribution in [0.3, 0.4) is 0 Å². The minimum atomic E-state index is -3.75. The molecule has 1 heterocycles. The lowest BCUT2D eigenvalue weighted by molar-refractivity contribution is 0.421. The second-order valence-corrected chi connectivity index (χ2v) is 8.11. The van der Waals surface area contributed by atoms with E-state index in [1.807, 2.05) is 37.3 Å². The van der Waals surface area contributed by atoms with Gasteiger partial charge < -0.3 is 10.2 Å². The van der Waals surface area contributed by atoms with E-state index in [9.17, 15) is 13.2 Å². The number of benzene rings is 2. The molecular weight excluding hydrogens is 402 g/mol. The summed E-state index contributed by atoms with van der Waals surface area (Å²) in [5, 5.41) is 0. The number of nitrogens with zero attached hydrogens (tertiary/aromatic N) is 2. The number of sulfonamides is 1. The Morgan fingerprint density at radius 2 is 1.82 bits per heavy atom. The molecule has 0 radical (unpaired) electrons. The molecular formula is C19H24ClN3O4S. The maximum Gasteiger partial charge on any atom is 0.419 e. The Balaban J connectivity index is 0.00000280. The van der Waals surface area contributed by atoms with Gasteiger partial charge in [0.2, 0.25) is 10.0 Å². The van der Waals surface area contributed by atoms with Gasteiger partial charge in [-0.25, -0.2) is 13.2 Å². The van der Waals surface area contributed by atoms with Crippen molar-refractivity contribution in [3.8, 4) is 0 Å². The molecule has 0 aliphatic carbocycles. The van der Waals surface area contributed by atoms with Crippen LogP contribution in [-0.2, 0) is 23.0 Å². The van der Waals surface area contributed by atoms with Crippen LogP contribution in [0, 0.1) is 0 Å². The van der Waals surface area contributed by atoms with Crippen LogP contribution in [0.2, 0.25) is 0 Å². The number of rotatable bonds is 8. The third kappa shape index (κ3) is 4.47. The first-order valence-corrected chi connectivity index (χ1v) is 10.3. The fraction of sp³-hybridized carbons (Fsp3) is 0.316. The van der Waals surface area contributed by atoms with E-state index in [0.717, 1.165) is 5.56 Å². The van der Waals surface area contributed by atoms with E-state index in [-0.39, 0.29) is 36.0 Å². The number of hydrogen-bond acceptors (Lipinski definition) is 5. The van der Waals surface area contributed by atoms with Gasteiger partial charge >= 0.3 is 5.76 Å². The number of nitrogens with two attached hydrogens (primary N) is 1. The largest absolute Gasteiger partial charge is 0.419 e. The van der Waals surface area contributed by atoms with Crippen LogP contribution in [-0.4, -0.2) is 36.9 Å². The van der Waals surface area contributed by atoms with Crippen molar-refractivity contribution >= 4 is 33.5 Å². The van der Waals surface area contributed by atoms with Crippen molar-refractivity contribution in [2.75, 3.05) is 19.6 Å². The van der Waals surface area contributed by atoms with Gasteiger partial charge in [-0.1, -0.05) is 30.3 Å². The van der Waals surface area contributed by atoms with Crippen LogP contribution in [0.15, 0.2) is 62.6 Å². The predicted octanol–water partition coefficient (Wildman–Crippen LogP) is 2.23. The lowest BCUT2D eigenvalue weighted by Crippen LogP contribution is -2.36. The van der Waals surface area contributed by atoms with E-state index in [4.69, 9.17) is 10.2 Å². The summed E-state index contributed by atoms with van der Waals surface area (Å²) in [5.74, 6) is -0.495. The van der Waals surface area contributed by atoms with Gasteiger partial charge in [-0.2, -0.15) is 4.31 Å². The van der Waals surface area contributed by atoms with Gasteiger partial charge in [-0.05, 0) is 31.0 Å². The van der Waals surface area contributed by atoms with Gasteiger partial charge in [0.25, 0.3) is 0 Å². The highest BCUT2D eigenvalue weighted by molar-refractivity contribution is 7.89. The monoisotopic (exact) mass is 425 g/mol. The molecule has 28 heavy (non-hydrogen) atoms. The molecule has 1 aromatic heterocycles. The molecule has 3 rings (SSSR count). The smallest absolute Gasteiger partial charge is 0.408 e. The Labute approximate surface area is 170 Å². The molecule has 3 aromatic rings. The third-order valence-electron chi connectivity index (χ3n) is 4.46. The molecule has 0 aliphatic heterocycles. The van der Waals surface area contributed by atoms with Crippen LogP contribution < -0.4 is 11.5 Å². The molecule has 0 saturated heterocycles. The number of fused-ring (bicyclic) bond motifs is 1. The minimum absolute atomic E-state index is 0. The van der Waals surface area contributed by atoms with Gasteiger partial charge in [-0.3, -0.25) is 4.57 Å². The Hall–Kier alpha value is -2.13. The van der Waals surface area contributed by atoms with Crippen LogP contribution in [0.4, 0.5) is 0 Å². The number of oxazole rings is 1. The van der Waals surface area contributed by atoms with Crippen molar-refractivity contribution < 1.29 is 12.8 Å². The van der Waals surface area contributed by atoms with Crippen molar-refractivity contribution in [3.05, 3.63) is 64.6 Å². The maximum atomic E-state index is 13.1. The maximum absolute atomic E-state index is 13.1. The number of aryl methyl sites for hydroxylation is 1. The van der Waals surface area contributed by atoms with Crippen molar-refractivity contribution in [2.45, 2.75) is 24.8 Å². The van der Waals surface area contributed by atoms with E-state index in [1.165, 1.54) is 21.0 Å². The first-order chi connectivity index (χ1) is 13.0. The molecule has 0 unspecified atom stereocenters. The summed E-state index contributed by atoms with van der Waals surface area (Å²) in [5.41, 5.74) is 7.53. The molecule has 9 heteroatoms. The summed E-state index contributed by atoms with van der Waals surface area (Å²) in [7, 11) is -3.75. The van der Waals surface area contributed by atoms with Gasteiger partial charge in [0, 0.05) is 32.2 Å². The molecule has 0 amide bonds. The molecule has 0 atom stereocenters. The standard InChI is InChI=1S/C19H23N3O4S.ClH/c1-2-22-17-9-8-16(14-18(17)26-19(22)23)27(24,25)21(13-11-20)12-10-15-6-4-3-5-7-15;/h3-9,14H,2,10-13,20H2,1H3;1H. The topological polar surface area (TPSA) is 98.5 Å². The van der Waals surface area contributed by atoms with Crippen molar-refractivity contribution in [1.82, 2.24) is 8.87 Å². The summed E-state index contributed by atoms with van der Waals surface area (Å²) in [6.45, 7) is 3.04. The van der Waals surface area contributed by atoms with Crippen molar-refractivity contribution in [3.63, 3.8) is 0 Å². The second kappa shape index (κ2) is 9.38. The van der Waals surface area contributed by atoms with Crippen LogP contribution in [0.1, 0.15) is 12.5 Å². The zero-order valence-corrected chi connectivity index (χ0v) is 17.2. The molecule has 2 aromatic carbocycles. The summed E-state index contributed by atoms with van der Waals surface area (Å²) in [4.78, 5) is 11.9. The molecule has 0 aliphatic rings. The van der Waals surface area contributed by atoms with E-state index in [0.29, 0.717) is 25.0 Å². The number of hydrogen-bond donors (Lipinski definition) is 1. The number of aromatic nitrogens is 1. The van der Waals surface area contributed by atoms with E-state index < -0.39 is 15.8 Å². The van der Waals surface area contributed by atoms with Crippen molar-refractivity contribution in [2.24, 2.45) is 5.73 Å². The predicted molar refractivity (Wildman–Crippen MR) is 111 cm³/mol. The first kappa shape index (κ1) is 22.2.